The van der Waals surface area contributed by atoms with Gasteiger partial charge in [0.2, 0.25) is 0 Å². The van der Waals surface area contributed by atoms with Crippen molar-refractivity contribution in [2.75, 3.05) is 32.8 Å². The summed E-state index contributed by atoms with van der Waals surface area (Å²) in [6, 6.07) is 7.75. The maximum atomic E-state index is 8.89. The zero-order valence-corrected chi connectivity index (χ0v) is 11.4. The van der Waals surface area contributed by atoms with Crippen molar-refractivity contribution in [2.24, 2.45) is 0 Å². The topological polar surface area (TPSA) is 32.7 Å². The zero-order valence-electron chi connectivity index (χ0n) is 9.81. The summed E-state index contributed by atoms with van der Waals surface area (Å²) >= 11 is 3.38. The second-order valence-electron chi connectivity index (χ2n) is 3.62. The van der Waals surface area contributed by atoms with Crippen LogP contribution in [0.2, 0.25) is 0 Å². The molecule has 0 saturated carbocycles. The minimum absolute atomic E-state index is 0.159. The van der Waals surface area contributed by atoms with Gasteiger partial charge in [0.15, 0.2) is 0 Å². The number of halogens is 1. The number of aliphatic hydroxyl groups excluding tert-OH is 1. The van der Waals surface area contributed by atoms with Crippen LogP contribution in [0.5, 0.6) is 5.75 Å². The molecule has 1 aromatic carbocycles. The van der Waals surface area contributed by atoms with Crippen LogP contribution in [0.3, 0.4) is 0 Å². The third kappa shape index (κ3) is 5.86. The van der Waals surface area contributed by atoms with Crippen molar-refractivity contribution < 1.29 is 9.84 Å². The van der Waals surface area contributed by atoms with Gasteiger partial charge in [-0.3, -0.25) is 4.90 Å². The predicted octanol–water partition coefficient (Wildman–Crippen LogP) is 2.31. The number of nitrogens with zero attached hydrogens (tertiary/aromatic N) is 1. The summed E-state index contributed by atoms with van der Waals surface area (Å²) in [5.74, 6) is 0.857. The van der Waals surface area contributed by atoms with Gasteiger partial charge < -0.3 is 9.84 Å². The predicted molar refractivity (Wildman–Crippen MR) is 73.4 cm³/mol. The number of ether oxygens (including phenoxy) is 1. The molecule has 0 unspecified atom stereocenters. The second-order valence-corrected chi connectivity index (χ2v) is 4.53. The fourth-order valence-corrected chi connectivity index (χ4v) is 1.71. The van der Waals surface area contributed by atoms with E-state index in [1.54, 1.807) is 0 Å². The van der Waals surface area contributed by atoms with Crippen LogP contribution in [0.15, 0.2) is 41.4 Å². The van der Waals surface area contributed by atoms with Crippen LogP contribution in [0.1, 0.15) is 0 Å². The van der Waals surface area contributed by atoms with E-state index in [1.165, 1.54) is 0 Å². The highest BCUT2D eigenvalue weighted by Gasteiger charge is 2.02. The minimum atomic E-state index is 0.159. The van der Waals surface area contributed by atoms with E-state index in [2.05, 4.69) is 27.4 Å². The average Bonchev–Trinajstić information content (AvgIpc) is 2.32. The van der Waals surface area contributed by atoms with Crippen molar-refractivity contribution in [3.63, 3.8) is 0 Å². The molecule has 0 spiro atoms. The Morgan fingerprint density at radius 3 is 2.59 bits per heavy atom. The van der Waals surface area contributed by atoms with Gasteiger partial charge >= 0.3 is 0 Å². The van der Waals surface area contributed by atoms with Gasteiger partial charge in [0.05, 0.1) is 6.61 Å². The van der Waals surface area contributed by atoms with Gasteiger partial charge in [-0.1, -0.05) is 22.0 Å². The van der Waals surface area contributed by atoms with Gasteiger partial charge in [-0.15, -0.1) is 6.58 Å². The monoisotopic (exact) mass is 299 g/mol. The first-order valence-corrected chi connectivity index (χ1v) is 6.38. The van der Waals surface area contributed by atoms with Crippen LogP contribution in [-0.2, 0) is 0 Å². The Labute approximate surface area is 111 Å². The van der Waals surface area contributed by atoms with Crippen LogP contribution in [0, 0.1) is 0 Å². The van der Waals surface area contributed by atoms with E-state index in [4.69, 9.17) is 9.84 Å². The van der Waals surface area contributed by atoms with Crippen molar-refractivity contribution >= 4 is 15.9 Å². The quantitative estimate of drug-likeness (QED) is 0.748. The standard InChI is InChI=1S/C13H18BrNO2/c1-2-7-15(8-10-16)9-11-17-13-5-3-12(14)4-6-13/h2-6,16H,1,7-11H2. The van der Waals surface area contributed by atoms with Crippen LogP contribution < -0.4 is 4.74 Å². The van der Waals surface area contributed by atoms with Crippen LogP contribution in [0.4, 0.5) is 0 Å². The first kappa shape index (κ1) is 14.2. The SMILES string of the molecule is C=CCN(CCO)CCOc1ccc(Br)cc1. The Bertz CT molecular complexity index is 327. The number of aliphatic hydroxyl groups is 1. The van der Waals surface area contributed by atoms with E-state index >= 15 is 0 Å². The summed E-state index contributed by atoms with van der Waals surface area (Å²) in [6.07, 6.45) is 1.83. The normalized spacial score (nSPS) is 10.5. The smallest absolute Gasteiger partial charge is 0.119 e. The van der Waals surface area contributed by atoms with Gasteiger partial charge in [-0.05, 0) is 24.3 Å². The van der Waals surface area contributed by atoms with E-state index in [9.17, 15) is 0 Å². The highest BCUT2D eigenvalue weighted by Crippen LogP contribution is 2.15. The van der Waals surface area contributed by atoms with Crippen molar-refractivity contribution in [3.8, 4) is 5.75 Å². The Balaban J connectivity index is 2.29. The zero-order chi connectivity index (χ0) is 12.5. The summed E-state index contributed by atoms with van der Waals surface area (Å²) in [5, 5.41) is 8.89. The van der Waals surface area contributed by atoms with E-state index in [-0.39, 0.29) is 6.61 Å². The van der Waals surface area contributed by atoms with E-state index < -0.39 is 0 Å². The van der Waals surface area contributed by atoms with Gasteiger partial charge in [-0.2, -0.15) is 0 Å². The molecule has 0 aliphatic rings. The van der Waals surface area contributed by atoms with Crippen LogP contribution in [0.25, 0.3) is 0 Å². The first-order valence-electron chi connectivity index (χ1n) is 5.58. The fraction of sp³-hybridized carbons (Fsp3) is 0.385. The number of rotatable bonds is 8. The molecule has 0 amide bonds. The number of hydrogen-bond acceptors (Lipinski definition) is 3. The summed E-state index contributed by atoms with van der Waals surface area (Å²) < 4.78 is 6.65. The van der Waals surface area contributed by atoms with E-state index in [1.807, 2.05) is 30.3 Å². The molecule has 94 valence electrons. The molecule has 0 aromatic heterocycles. The minimum Gasteiger partial charge on any atom is -0.492 e. The lowest BCUT2D eigenvalue weighted by Gasteiger charge is -2.19. The summed E-state index contributed by atoms with van der Waals surface area (Å²) in [4.78, 5) is 2.09. The van der Waals surface area contributed by atoms with Crippen LogP contribution in [-0.4, -0.2) is 42.9 Å². The maximum absolute atomic E-state index is 8.89. The average molecular weight is 300 g/mol. The third-order valence-corrected chi connectivity index (χ3v) is 2.82. The first-order chi connectivity index (χ1) is 8.26. The lowest BCUT2D eigenvalue weighted by atomic mass is 10.3. The van der Waals surface area contributed by atoms with Gasteiger partial charge in [0, 0.05) is 24.1 Å². The van der Waals surface area contributed by atoms with Gasteiger partial charge in [-0.25, -0.2) is 0 Å². The third-order valence-electron chi connectivity index (χ3n) is 2.29. The Morgan fingerprint density at radius 2 is 2.00 bits per heavy atom. The molecular formula is C13H18BrNO2. The molecule has 0 fully saturated rings. The van der Waals surface area contributed by atoms with E-state index in [0.29, 0.717) is 13.2 Å². The largest absolute Gasteiger partial charge is 0.492 e. The second kappa shape index (κ2) is 8.28. The molecule has 0 atom stereocenters. The highest BCUT2D eigenvalue weighted by atomic mass is 79.9. The van der Waals surface area contributed by atoms with E-state index in [0.717, 1.165) is 23.3 Å². The molecule has 17 heavy (non-hydrogen) atoms. The molecule has 0 bridgehead atoms. The molecule has 0 radical (unpaired) electrons. The molecule has 1 rings (SSSR count). The summed E-state index contributed by atoms with van der Waals surface area (Å²) in [6.45, 7) is 6.65. The van der Waals surface area contributed by atoms with Gasteiger partial charge in [0.25, 0.3) is 0 Å². The van der Waals surface area contributed by atoms with Crippen LogP contribution >= 0.6 is 15.9 Å². The number of benzene rings is 1. The van der Waals surface area contributed by atoms with Crippen molar-refractivity contribution in [3.05, 3.63) is 41.4 Å². The molecule has 3 nitrogen and oxygen atoms in total. The van der Waals surface area contributed by atoms with Gasteiger partial charge in [0.1, 0.15) is 12.4 Å². The van der Waals surface area contributed by atoms with Crippen molar-refractivity contribution in [1.82, 2.24) is 4.90 Å². The summed E-state index contributed by atoms with van der Waals surface area (Å²) in [5.41, 5.74) is 0. The number of hydrogen-bond donors (Lipinski definition) is 1. The fourth-order valence-electron chi connectivity index (χ4n) is 1.44. The molecule has 0 aliphatic heterocycles. The molecule has 4 heteroatoms. The Hall–Kier alpha value is -0.840. The molecule has 1 aromatic rings. The Morgan fingerprint density at radius 1 is 1.29 bits per heavy atom. The molecule has 0 aliphatic carbocycles. The highest BCUT2D eigenvalue weighted by molar-refractivity contribution is 9.10. The lowest BCUT2D eigenvalue weighted by molar-refractivity contribution is 0.180. The summed E-state index contributed by atoms with van der Waals surface area (Å²) in [7, 11) is 0. The van der Waals surface area contributed by atoms with Crippen molar-refractivity contribution in [1.29, 1.82) is 0 Å². The molecular weight excluding hydrogens is 282 g/mol. The maximum Gasteiger partial charge on any atom is 0.119 e. The lowest BCUT2D eigenvalue weighted by Crippen LogP contribution is -2.31. The molecule has 0 heterocycles. The van der Waals surface area contributed by atoms with Crippen molar-refractivity contribution in [2.45, 2.75) is 0 Å². The molecule has 1 N–H and O–H groups in total. The molecule has 0 saturated heterocycles. The Kier molecular flexibility index (Phi) is 6.93.